The molecule has 2 aliphatic carbocycles. The highest BCUT2D eigenvalue weighted by atomic mass is 14.8. The minimum atomic E-state index is -0.514. The number of rotatable bonds is 2. The van der Waals surface area contributed by atoms with Gasteiger partial charge in [-0.15, -0.1) is 0 Å². The summed E-state index contributed by atoms with van der Waals surface area (Å²) in [7, 11) is 0. The fourth-order valence-corrected chi connectivity index (χ4v) is 9.23. The molecule has 53 heavy (non-hydrogen) atoms. The molecule has 0 N–H and O–H groups in total. The van der Waals surface area contributed by atoms with Crippen molar-refractivity contribution in [2.75, 3.05) is 0 Å². The first kappa shape index (κ1) is 28.6. The van der Waals surface area contributed by atoms with Crippen molar-refractivity contribution in [1.29, 1.82) is 0 Å². The second kappa shape index (κ2) is 10.5. The van der Waals surface area contributed by atoms with Crippen LogP contribution in [0.4, 0.5) is 0 Å². The molecule has 4 aromatic heterocycles. The van der Waals surface area contributed by atoms with Crippen LogP contribution >= 0.6 is 0 Å². The van der Waals surface area contributed by atoms with E-state index in [4.69, 9.17) is 19.9 Å². The normalized spacial score (nSPS) is 13.4. The Morgan fingerprint density at radius 2 is 0.736 bits per heavy atom. The van der Waals surface area contributed by atoms with Crippen LogP contribution < -0.4 is 0 Å². The van der Waals surface area contributed by atoms with Crippen molar-refractivity contribution in [1.82, 2.24) is 19.9 Å². The fourth-order valence-electron chi connectivity index (χ4n) is 9.23. The van der Waals surface area contributed by atoms with Gasteiger partial charge in [0, 0.05) is 45.1 Å². The molecule has 1 spiro atoms. The molecule has 6 aromatic carbocycles. The summed E-state index contributed by atoms with van der Waals surface area (Å²) in [6.07, 6.45) is 3.70. The Morgan fingerprint density at radius 1 is 0.321 bits per heavy atom. The second-order valence-electron chi connectivity index (χ2n) is 14.2. The predicted octanol–water partition coefficient (Wildman–Crippen LogP) is 11.6. The molecule has 4 heterocycles. The topological polar surface area (TPSA) is 51.6 Å². The molecule has 0 bridgehead atoms. The number of pyridine rings is 4. The Morgan fingerprint density at radius 3 is 1.23 bits per heavy atom. The summed E-state index contributed by atoms with van der Waals surface area (Å²) in [6.45, 7) is 0. The van der Waals surface area contributed by atoms with Gasteiger partial charge in [0.2, 0.25) is 0 Å². The Bertz CT molecular complexity index is 2980. The molecule has 4 heteroatoms. The molecule has 4 nitrogen and oxygen atoms in total. The van der Waals surface area contributed by atoms with Crippen molar-refractivity contribution in [3.63, 3.8) is 0 Å². The largest absolute Gasteiger partial charge is 0.254 e. The first-order valence-electron chi connectivity index (χ1n) is 18.0. The van der Waals surface area contributed by atoms with Crippen molar-refractivity contribution < 1.29 is 0 Å². The summed E-state index contributed by atoms with van der Waals surface area (Å²) < 4.78 is 0. The first-order valence-corrected chi connectivity index (χ1v) is 18.0. The van der Waals surface area contributed by atoms with Crippen LogP contribution in [-0.4, -0.2) is 19.9 Å². The zero-order valence-corrected chi connectivity index (χ0v) is 28.5. The summed E-state index contributed by atoms with van der Waals surface area (Å²) in [5, 5.41) is 4.35. The van der Waals surface area contributed by atoms with E-state index >= 15 is 0 Å². The third-order valence-electron chi connectivity index (χ3n) is 11.5. The molecule has 0 fully saturated rings. The van der Waals surface area contributed by atoms with E-state index < -0.39 is 5.41 Å². The molecular weight excluding hydrogens is 645 g/mol. The summed E-state index contributed by atoms with van der Waals surface area (Å²) in [6, 6.07) is 57.1. The lowest BCUT2D eigenvalue weighted by Crippen LogP contribution is -2.26. The molecule has 12 rings (SSSR count). The van der Waals surface area contributed by atoms with Crippen LogP contribution in [0.2, 0.25) is 0 Å². The summed E-state index contributed by atoms with van der Waals surface area (Å²) >= 11 is 0. The Balaban J connectivity index is 1.11. The number of benzene rings is 6. The highest BCUT2D eigenvalue weighted by Gasteiger charge is 2.51. The molecule has 0 saturated carbocycles. The number of hydrogen-bond acceptors (Lipinski definition) is 4. The van der Waals surface area contributed by atoms with E-state index in [-0.39, 0.29) is 0 Å². The maximum Gasteiger partial charge on any atom is 0.0972 e. The van der Waals surface area contributed by atoms with E-state index in [1.54, 1.807) is 0 Å². The molecule has 0 unspecified atom stereocenters. The van der Waals surface area contributed by atoms with Crippen molar-refractivity contribution in [2.24, 2.45) is 0 Å². The van der Waals surface area contributed by atoms with Crippen molar-refractivity contribution >= 4 is 43.6 Å². The van der Waals surface area contributed by atoms with Gasteiger partial charge in [-0.2, -0.15) is 0 Å². The van der Waals surface area contributed by atoms with E-state index in [1.807, 2.05) is 24.5 Å². The molecule has 0 saturated heterocycles. The van der Waals surface area contributed by atoms with Gasteiger partial charge in [-0.05, 0) is 80.9 Å². The van der Waals surface area contributed by atoms with Crippen molar-refractivity contribution in [2.45, 2.75) is 5.41 Å². The maximum absolute atomic E-state index is 5.28. The van der Waals surface area contributed by atoms with Gasteiger partial charge in [0.1, 0.15) is 0 Å². The molecule has 0 radical (unpaired) electrons. The van der Waals surface area contributed by atoms with Gasteiger partial charge in [0.15, 0.2) is 0 Å². The highest BCUT2D eigenvalue weighted by Crippen LogP contribution is 2.63. The van der Waals surface area contributed by atoms with Gasteiger partial charge >= 0.3 is 0 Å². The van der Waals surface area contributed by atoms with Gasteiger partial charge in [-0.3, -0.25) is 9.97 Å². The van der Waals surface area contributed by atoms with E-state index in [1.165, 1.54) is 44.5 Å². The Kier molecular flexibility index (Phi) is 5.67. The number of hydrogen-bond donors (Lipinski definition) is 0. The zero-order chi connectivity index (χ0) is 34.7. The van der Waals surface area contributed by atoms with Crippen LogP contribution in [0.3, 0.4) is 0 Å². The fraction of sp³-hybridized carbons (Fsp3) is 0.0204. The van der Waals surface area contributed by atoms with Crippen LogP contribution in [0.1, 0.15) is 22.3 Å². The smallest absolute Gasteiger partial charge is 0.0972 e. The quantitative estimate of drug-likeness (QED) is 0.172. The van der Waals surface area contributed by atoms with Crippen LogP contribution in [-0.2, 0) is 5.41 Å². The number of aromatic nitrogens is 4. The molecule has 0 aliphatic heterocycles. The first-order chi connectivity index (χ1) is 26.3. The average Bonchev–Trinajstić information content (AvgIpc) is 3.70. The van der Waals surface area contributed by atoms with E-state index in [0.717, 1.165) is 66.1 Å². The highest BCUT2D eigenvalue weighted by molar-refractivity contribution is 6.05. The van der Waals surface area contributed by atoms with Gasteiger partial charge in [0.05, 0.1) is 38.9 Å². The SMILES string of the molecule is c1ccc2c(c1)-c1ccccc1C21c2cc(-c3ccc4ccc5cccnc5c4n3)ccc2-c2ccc(-c3ccc4ccc5cccnc5c4n3)cc21. The van der Waals surface area contributed by atoms with E-state index in [2.05, 4.69) is 146 Å². The monoisotopic (exact) mass is 672 g/mol. The average molecular weight is 673 g/mol. The number of fused-ring (bicyclic) bond motifs is 16. The van der Waals surface area contributed by atoms with Crippen LogP contribution in [0.5, 0.6) is 0 Å². The van der Waals surface area contributed by atoms with Gasteiger partial charge < -0.3 is 0 Å². The Labute approximate surface area is 305 Å². The minimum absolute atomic E-state index is 0.514. The second-order valence-corrected chi connectivity index (χ2v) is 14.2. The summed E-state index contributed by atoms with van der Waals surface area (Å²) in [4.78, 5) is 20.0. The lowest BCUT2D eigenvalue weighted by atomic mass is 9.70. The lowest BCUT2D eigenvalue weighted by molar-refractivity contribution is 0.794. The van der Waals surface area contributed by atoms with Crippen LogP contribution in [0.25, 0.3) is 88.4 Å². The minimum Gasteiger partial charge on any atom is -0.254 e. The van der Waals surface area contributed by atoms with Gasteiger partial charge in [-0.1, -0.05) is 121 Å². The van der Waals surface area contributed by atoms with Crippen molar-refractivity contribution in [3.8, 4) is 44.8 Å². The lowest BCUT2D eigenvalue weighted by Gasteiger charge is -2.31. The third kappa shape index (κ3) is 3.84. The number of nitrogens with zero attached hydrogens (tertiary/aromatic N) is 4. The Hall–Kier alpha value is -7.04. The standard InChI is InChI=1S/C49H28N4/c1-3-11-39-35(9-1)36-10-2-4-12-40(36)49(39)41-27-33(43-23-19-31-15-13-29-7-5-25-50-45(29)47(31)52-43)17-21-37(41)38-22-18-34(28-42(38)49)44-24-20-32-16-14-30-8-6-26-51-46(30)48(32)53-44/h1-28H. The summed E-state index contributed by atoms with van der Waals surface area (Å²) in [5.74, 6) is 0. The van der Waals surface area contributed by atoms with E-state index in [9.17, 15) is 0 Å². The predicted molar refractivity (Wildman–Crippen MR) is 215 cm³/mol. The molecule has 10 aromatic rings. The molecule has 0 atom stereocenters. The molecule has 0 amide bonds. The molecule has 244 valence electrons. The van der Waals surface area contributed by atoms with Crippen LogP contribution in [0, 0.1) is 0 Å². The van der Waals surface area contributed by atoms with Gasteiger partial charge in [-0.25, -0.2) is 9.97 Å². The third-order valence-corrected chi connectivity index (χ3v) is 11.5. The maximum atomic E-state index is 5.28. The molecule has 2 aliphatic rings. The zero-order valence-electron chi connectivity index (χ0n) is 28.5. The summed E-state index contributed by atoms with van der Waals surface area (Å²) in [5.41, 5.74) is 17.4. The molecular formula is C49H28N4. The van der Waals surface area contributed by atoms with Crippen LogP contribution in [0.15, 0.2) is 170 Å². The van der Waals surface area contributed by atoms with Crippen molar-refractivity contribution in [3.05, 3.63) is 192 Å². The van der Waals surface area contributed by atoms with E-state index in [0.29, 0.717) is 0 Å². The van der Waals surface area contributed by atoms with Gasteiger partial charge in [0.25, 0.3) is 0 Å².